The van der Waals surface area contributed by atoms with Crippen molar-refractivity contribution in [3.63, 3.8) is 0 Å². The fourth-order valence-corrected chi connectivity index (χ4v) is 3.55. The molecule has 0 bridgehead atoms. The molecule has 7 nitrogen and oxygen atoms in total. The quantitative estimate of drug-likeness (QED) is 0.635. The van der Waals surface area contributed by atoms with E-state index in [1.165, 1.54) is 6.33 Å². The Balaban J connectivity index is 1.67. The Bertz CT molecular complexity index is 991. The van der Waals surface area contributed by atoms with Crippen LogP contribution in [0.25, 0.3) is 0 Å². The van der Waals surface area contributed by atoms with E-state index >= 15 is 0 Å². The molecule has 1 fully saturated rings. The Hall–Kier alpha value is -3.45. The number of anilines is 2. The minimum atomic E-state index is 0.204. The molecule has 30 heavy (non-hydrogen) atoms. The van der Waals surface area contributed by atoms with Gasteiger partial charge in [0.15, 0.2) is 0 Å². The first-order valence-corrected chi connectivity index (χ1v) is 10.1. The smallest absolute Gasteiger partial charge is 0.138 e. The Kier molecular flexibility index (Phi) is 5.90. The minimum Gasteiger partial charge on any atom is -0.457 e. The van der Waals surface area contributed by atoms with Crippen LogP contribution in [0, 0.1) is 0 Å². The predicted molar refractivity (Wildman–Crippen MR) is 120 cm³/mol. The summed E-state index contributed by atoms with van der Waals surface area (Å²) in [4.78, 5) is 15.6. The third-order valence-electron chi connectivity index (χ3n) is 5.25. The van der Waals surface area contributed by atoms with Gasteiger partial charge in [0.1, 0.15) is 29.5 Å². The van der Waals surface area contributed by atoms with Gasteiger partial charge in [0, 0.05) is 5.56 Å². The maximum Gasteiger partial charge on any atom is 0.138 e. The van der Waals surface area contributed by atoms with Crippen molar-refractivity contribution in [3.05, 3.63) is 72.1 Å². The molecule has 0 spiro atoms. The zero-order valence-corrected chi connectivity index (χ0v) is 17.0. The van der Waals surface area contributed by atoms with E-state index in [0.29, 0.717) is 17.2 Å². The lowest BCUT2D eigenvalue weighted by Gasteiger charge is -2.27. The van der Waals surface area contributed by atoms with Gasteiger partial charge in [0.25, 0.3) is 0 Å². The third kappa shape index (κ3) is 4.58. The van der Waals surface area contributed by atoms with E-state index in [9.17, 15) is 0 Å². The van der Waals surface area contributed by atoms with E-state index in [4.69, 9.17) is 21.2 Å². The van der Waals surface area contributed by atoms with E-state index < -0.39 is 0 Å². The molecular formula is C23H26N6O. The zero-order chi connectivity index (χ0) is 20.9. The number of hydrogen-bond acceptors (Lipinski definition) is 7. The summed E-state index contributed by atoms with van der Waals surface area (Å²) in [6.45, 7) is 2.03. The van der Waals surface area contributed by atoms with E-state index in [0.717, 1.165) is 48.7 Å². The van der Waals surface area contributed by atoms with Gasteiger partial charge in [-0.3, -0.25) is 4.99 Å². The highest BCUT2D eigenvalue weighted by molar-refractivity contribution is 6.17. The summed E-state index contributed by atoms with van der Waals surface area (Å²) in [5.41, 5.74) is 14.6. The maximum absolute atomic E-state index is 6.17. The molecule has 1 aromatic heterocycles. The van der Waals surface area contributed by atoms with Gasteiger partial charge in [-0.2, -0.15) is 0 Å². The van der Waals surface area contributed by atoms with Crippen LogP contribution in [0.4, 0.5) is 11.6 Å². The first-order valence-electron chi connectivity index (χ1n) is 10.1. The van der Waals surface area contributed by atoms with Gasteiger partial charge in [-0.1, -0.05) is 18.2 Å². The van der Waals surface area contributed by atoms with E-state index in [1.807, 2.05) is 54.6 Å². The normalized spacial score (nSPS) is 15.8. The lowest BCUT2D eigenvalue weighted by atomic mass is 10.0. The Morgan fingerprint density at radius 1 is 0.933 bits per heavy atom. The van der Waals surface area contributed by atoms with Crippen LogP contribution in [0.1, 0.15) is 24.0 Å². The van der Waals surface area contributed by atoms with Crippen LogP contribution in [0.3, 0.4) is 0 Å². The highest BCUT2D eigenvalue weighted by Crippen LogP contribution is 2.26. The molecule has 0 amide bonds. The van der Waals surface area contributed by atoms with Crippen molar-refractivity contribution in [2.75, 3.05) is 31.6 Å². The molecular weight excluding hydrogens is 376 g/mol. The van der Waals surface area contributed by atoms with Crippen molar-refractivity contribution in [2.45, 2.75) is 18.9 Å². The molecule has 154 valence electrons. The van der Waals surface area contributed by atoms with Crippen LogP contribution < -0.4 is 16.2 Å². The molecule has 7 heteroatoms. The van der Waals surface area contributed by atoms with Gasteiger partial charge in [-0.25, -0.2) is 9.97 Å². The van der Waals surface area contributed by atoms with Gasteiger partial charge >= 0.3 is 0 Å². The van der Waals surface area contributed by atoms with Gasteiger partial charge in [-0.05, 0) is 69.4 Å². The largest absolute Gasteiger partial charge is 0.457 e. The van der Waals surface area contributed by atoms with Crippen molar-refractivity contribution in [2.24, 2.45) is 4.99 Å². The molecule has 2 heterocycles. The fourth-order valence-electron chi connectivity index (χ4n) is 3.55. The number of aromatic nitrogens is 2. The average molecular weight is 403 g/mol. The van der Waals surface area contributed by atoms with Crippen LogP contribution in [-0.2, 0) is 0 Å². The molecule has 1 aliphatic rings. The van der Waals surface area contributed by atoms with E-state index in [2.05, 4.69) is 21.9 Å². The first-order chi connectivity index (χ1) is 14.6. The molecule has 1 aliphatic heterocycles. The second kappa shape index (κ2) is 8.92. The fraction of sp³-hybridized carbons (Fsp3) is 0.261. The summed E-state index contributed by atoms with van der Waals surface area (Å²) < 4.78 is 5.91. The monoisotopic (exact) mass is 402 g/mol. The highest BCUT2D eigenvalue weighted by atomic mass is 16.5. The number of ether oxygens (including phenoxy) is 1. The third-order valence-corrected chi connectivity index (χ3v) is 5.25. The summed E-state index contributed by atoms with van der Waals surface area (Å²) in [6.07, 6.45) is 3.35. The molecule has 0 atom stereocenters. The number of aliphatic imine (C=N–C) groups is 1. The predicted octanol–water partition coefficient (Wildman–Crippen LogP) is 3.36. The van der Waals surface area contributed by atoms with Crippen LogP contribution in [0.5, 0.6) is 11.5 Å². The SMILES string of the molecule is CN1CCC(N=C(c2ccc(Oc3ccccc3)cc2)c2c(N)ncnc2N)CC1. The molecule has 3 aromatic rings. The number of benzene rings is 2. The number of piperidine rings is 1. The Morgan fingerprint density at radius 3 is 2.17 bits per heavy atom. The van der Waals surface area contributed by atoms with Gasteiger partial charge in [0.2, 0.25) is 0 Å². The molecule has 0 radical (unpaired) electrons. The van der Waals surface area contributed by atoms with Crippen LogP contribution in [0.15, 0.2) is 65.9 Å². The second-order valence-corrected chi connectivity index (χ2v) is 7.47. The molecule has 2 aromatic carbocycles. The number of hydrogen-bond donors (Lipinski definition) is 2. The summed E-state index contributed by atoms with van der Waals surface area (Å²) in [6, 6.07) is 17.7. The molecule has 0 saturated carbocycles. The molecule has 1 saturated heterocycles. The van der Waals surface area contributed by atoms with Crippen molar-refractivity contribution in [1.29, 1.82) is 0 Å². The molecule has 4 N–H and O–H groups in total. The van der Waals surface area contributed by atoms with E-state index in [1.54, 1.807) is 0 Å². The van der Waals surface area contributed by atoms with Crippen molar-refractivity contribution >= 4 is 17.3 Å². The number of nitrogens with two attached hydrogens (primary N) is 2. The van der Waals surface area contributed by atoms with Crippen LogP contribution in [0.2, 0.25) is 0 Å². The summed E-state index contributed by atoms with van der Waals surface area (Å²) >= 11 is 0. The lowest BCUT2D eigenvalue weighted by Crippen LogP contribution is -2.32. The Morgan fingerprint density at radius 2 is 1.53 bits per heavy atom. The maximum atomic E-state index is 6.17. The highest BCUT2D eigenvalue weighted by Gasteiger charge is 2.21. The molecule has 0 unspecified atom stereocenters. The summed E-state index contributed by atoms with van der Waals surface area (Å²) in [5.74, 6) is 2.20. The summed E-state index contributed by atoms with van der Waals surface area (Å²) in [5, 5.41) is 0. The number of rotatable bonds is 5. The lowest BCUT2D eigenvalue weighted by molar-refractivity contribution is 0.257. The van der Waals surface area contributed by atoms with Crippen molar-refractivity contribution in [1.82, 2.24) is 14.9 Å². The molecule has 4 rings (SSSR count). The topological polar surface area (TPSA) is 103 Å². The van der Waals surface area contributed by atoms with Crippen LogP contribution in [-0.4, -0.2) is 46.8 Å². The van der Waals surface area contributed by atoms with Gasteiger partial charge in [0.05, 0.1) is 17.3 Å². The number of likely N-dealkylation sites (tertiary alicyclic amines) is 1. The van der Waals surface area contributed by atoms with E-state index in [-0.39, 0.29) is 6.04 Å². The van der Waals surface area contributed by atoms with Gasteiger partial charge < -0.3 is 21.1 Å². The number of nitrogen functional groups attached to an aromatic ring is 2. The first kappa shape index (κ1) is 19.8. The van der Waals surface area contributed by atoms with Crippen LogP contribution >= 0.6 is 0 Å². The standard InChI is InChI=1S/C23H26N6O/c1-29-13-11-17(12-14-29)28-21(20-22(24)26-15-27-23(20)25)16-7-9-19(10-8-16)30-18-5-3-2-4-6-18/h2-10,15,17H,11-14H2,1H3,(H4,24,25,26,27). The number of para-hydroxylation sites is 1. The van der Waals surface area contributed by atoms with Crippen molar-refractivity contribution < 1.29 is 4.74 Å². The molecule has 0 aliphatic carbocycles. The second-order valence-electron chi connectivity index (χ2n) is 7.47. The minimum absolute atomic E-state index is 0.204. The van der Waals surface area contributed by atoms with Crippen molar-refractivity contribution in [3.8, 4) is 11.5 Å². The van der Waals surface area contributed by atoms with Gasteiger partial charge in [-0.15, -0.1) is 0 Å². The number of nitrogens with zero attached hydrogens (tertiary/aromatic N) is 4. The average Bonchev–Trinajstić information content (AvgIpc) is 2.76. The summed E-state index contributed by atoms with van der Waals surface area (Å²) in [7, 11) is 2.13. The zero-order valence-electron chi connectivity index (χ0n) is 17.0. The Labute approximate surface area is 176 Å².